The second-order valence-corrected chi connectivity index (χ2v) is 5.20. The van der Waals surface area contributed by atoms with E-state index in [9.17, 15) is 0 Å². The van der Waals surface area contributed by atoms with Crippen LogP contribution in [0.4, 0.5) is 11.6 Å². The number of rotatable bonds is 2. The van der Waals surface area contributed by atoms with E-state index in [1.807, 2.05) is 24.5 Å². The van der Waals surface area contributed by atoms with E-state index in [0.717, 1.165) is 42.3 Å². The van der Waals surface area contributed by atoms with Gasteiger partial charge < -0.3 is 9.80 Å². The molecule has 0 saturated carbocycles. The van der Waals surface area contributed by atoms with Crippen molar-refractivity contribution in [2.75, 3.05) is 36.0 Å². The third kappa shape index (κ3) is 2.68. The molecule has 0 radical (unpaired) electrons. The van der Waals surface area contributed by atoms with Crippen molar-refractivity contribution in [2.45, 2.75) is 0 Å². The first-order valence-electron chi connectivity index (χ1n) is 6.21. The zero-order valence-electron chi connectivity index (χ0n) is 10.4. The molecule has 0 N–H and O–H groups in total. The van der Waals surface area contributed by atoms with E-state index in [0.29, 0.717) is 0 Å². The summed E-state index contributed by atoms with van der Waals surface area (Å²) in [5, 5.41) is 0. The smallest absolute Gasteiger partial charge is 0.147 e. The standard InChI is InChI=1S/C13H14BrN5/c14-11-2-1-3-17-13(11)19-8-6-18(7-9-19)12-10-15-4-5-16-12/h1-5,10H,6-9H2. The highest BCUT2D eigenvalue weighted by Gasteiger charge is 2.20. The Morgan fingerprint density at radius 3 is 2.42 bits per heavy atom. The molecule has 3 heterocycles. The minimum Gasteiger partial charge on any atom is -0.352 e. The van der Waals surface area contributed by atoms with Gasteiger partial charge in [0.1, 0.15) is 11.6 Å². The molecule has 0 bridgehead atoms. The lowest BCUT2D eigenvalue weighted by Gasteiger charge is -2.36. The zero-order chi connectivity index (χ0) is 13.1. The fourth-order valence-corrected chi connectivity index (χ4v) is 2.72. The molecule has 0 aromatic carbocycles. The van der Waals surface area contributed by atoms with Gasteiger partial charge in [0, 0.05) is 44.8 Å². The third-order valence-electron chi connectivity index (χ3n) is 3.19. The van der Waals surface area contributed by atoms with Crippen molar-refractivity contribution < 1.29 is 0 Å². The molecule has 1 saturated heterocycles. The molecule has 0 unspecified atom stereocenters. The molecular weight excluding hydrogens is 306 g/mol. The van der Waals surface area contributed by atoms with Crippen LogP contribution in [0.25, 0.3) is 0 Å². The molecule has 2 aromatic heterocycles. The number of halogens is 1. The average Bonchev–Trinajstić information content (AvgIpc) is 2.49. The first kappa shape index (κ1) is 12.3. The summed E-state index contributed by atoms with van der Waals surface area (Å²) in [5.74, 6) is 1.96. The van der Waals surface area contributed by atoms with Crippen LogP contribution in [0.5, 0.6) is 0 Å². The van der Waals surface area contributed by atoms with E-state index in [-0.39, 0.29) is 0 Å². The Hall–Kier alpha value is -1.69. The highest BCUT2D eigenvalue weighted by Crippen LogP contribution is 2.24. The van der Waals surface area contributed by atoms with Gasteiger partial charge in [-0.15, -0.1) is 0 Å². The number of aromatic nitrogens is 3. The molecule has 5 nitrogen and oxygen atoms in total. The predicted octanol–water partition coefficient (Wildman–Crippen LogP) is 1.96. The number of piperazine rings is 1. The van der Waals surface area contributed by atoms with Gasteiger partial charge in [-0.3, -0.25) is 4.98 Å². The van der Waals surface area contributed by atoms with Crippen molar-refractivity contribution in [3.63, 3.8) is 0 Å². The average molecular weight is 320 g/mol. The van der Waals surface area contributed by atoms with Gasteiger partial charge in [-0.25, -0.2) is 9.97 Å². The van der Waals surface area contributed by atoms with Crippen LogP contribution in [0.1, 0.15) is 0 Å². The maximum atomic E-state index is 4.43. The van der Waals surface area contributed by atoms with Crippen LogP contribution in [0.2, 0.25) is 0 Å². The van der Waals surface area contributed by atoms with Gasteiger partial charge >= 0.3 is 0 Å². The van der Waals surface area contributed by atoms with Crippen LogP contribution in [0.15, 0.2) is 41.4 Å². The Balaban J connectivity index is 1.69. The zero-order valence-corrected chi connectivity index (χ0v) is 12.0. The highest BCUT2D eigenvalue weighted by atomic mass is 79.9. The van der Waals surface area contributed by atoms with Crippen molar-refractivity contribution in [2.24, 2.45) is 0 Å². The molecule has 0 aliphatic carbocycles. The Morgan fingerprint density at radius 2 is 1.74 bits per heavy atom. The van der Waals surface area contributed by atoms with Gasteiger partial charge in [0.05, 0.1) is 10.7 Å². The number of hydrogen-bond donors (Lipinski definition) is 0. The van der Waals surface area contributed by atoms with Gasteiger partial charge in [-0.1, -0.05) is 0 Å². The summed E-state index contributed by atoms with van der Waals surface area (Å²) in [5.41, 5.74) is 0. The molecule has 0 atom stereocenters. The summed E-state index contributed by atoms with van der Waals surface area (Å²) in [6.45, 7) is 3.74. The molecule has 1 aliphatic rings. The quantitative estimate of drug-likeness (QED) is 0.846. The summed E-state index contributed by atoms with van der Waals surface area (Å²) in [6, 6.07) is 3.96. The van der Waals surface area contributed by atoms with Crippen LogP contribution in [0.3, 0.4) is 0 Å². The van der Waals surface area contributed by atoms with Gasteiger partial charge in [-0.05, 0) is 28.1 Å². The summed E-state index contributed by atoms with van der Waals surface area (Å²) in [7, 11) is 0. The van der Waals surface area contributed by atoms with Crippen LogP contribution in [0, 0.1) is 0 Å². The van der Waals surface area contributed by atoms with E-state index >= 15 is 0 Å². The van der Waals surface area contributed by atoms with E-state index in [1.54, 1.807) is 12.4 Å². The molecule has 3 rings (SSSR count). The SMILES string of the molecule is Brc1cccnc1N1CCN(c2cnccn2)CC1. The van der Waals surface area contributed by atoms with Gasteiger partial charge in [0.15, 0.2) is 0 Å². The van der Waals surface area contributed by atoms with Crippen molar-refractivity contribution in [1.29, 1.82) is 0 Å². The maximum absolute atomic E-state index is 4.43. The van der Waals surface area contributed by atoms with Gasteiger partial charge in [-0.2, -0.15) is 0 Å². The first-order valence-corrected chi connectivity index (χ1v) is 7.00. The molecule has 6 heteroatoms. The monoisotopic (exact) mass is 319 g/mol. The van der Waals surface area contributed by atoms with E-state index < -0.39 is 0 Å². The van der Waals surface area contributed by atoms with Crippen LogP contribution in [-0.2, 0) is 0 Å². The van der Waals surface area contributed by atoms with Crippen molar-refractivity contribution in [1.82, 2.24) is 15.0 Å². The van der Waals surface area contributed by atoms with Gasteiger partial charge in [0.25, 0.3) is 0 Å². The predicted molar refractivity (Wildman–Crippen MR) is 78.4 cm³/mol. The van der Waals surface area contributed by atoms with E-state index in [1.165, 1.54) is 0 Å². The van der Waals surface area contributed by atoms with Gasteiger partial charge in [0.2, 0.25) is 0 Å². The molecule has 1 fully saturated rings. The summed E-state index contributed by atoms with van der Waals surface area (Å²) in [4.78, 5) is 17.4. The summed E-state index contributed by atoms with van der Waals surface area (Å²) < 4.78 is 1.04. The Labute approximate surface area is 120 Å². The lowest BCUT2D eigenvalue weighted by atomic mass is 10.3. The fourth-order valence-electron chi connectivity index (χ4n) is 2.21. The van der Waals surface area contributed by atoms with Crippen molar-refractivity contribution >= 4 is 27.6 Å². The molecular formula is C13H14BrN5. The molecule has 0 amide bonds. The van der Waals surface area contributed by atoms with Crippen molar-refractivity contribution in [3.8, 4) is 0 Å². The Kier molecular flexibility index (Phi) is 3.59. The van der Waals surface area contributed by atoms with E-state index in [4.69, 9.17) is 0 Å². The third-order valence-corrected chi connectivity index (χ3v) is 3.81. The highest BCUT2D eigenvalue weighted by molar-refractivity contribution is 9.10. The lowest BCUT2D eigenvalue weighted by Crippen LogP contribution is -2.47. The number of hydrogen-bond acceptors (Lipinski definition) is 5. The minimum atomic E-state index is 0.932. The lowest BCUT2D eigenvalue weighted by molar-refractivity contribution is 0.639. The van der Waals surface area contributed by atoms with Crippen molar-refractivity contribution in [3.05, 3.63) is 41.4 Å². The molecule has 98 valence electrons. The summed E-state index contributed by atoms with van der Waals surface area (Å²) in [6.07, 6.45) is 7.07. The minimum absolute atomic E-state index is 0.932. The Morgan fingerprint density at radius 1 is 0.947 bits per heavy atom. The van der Waals surface area contributed by atoms with Crippen LogP contribution in [-0.4, -0.2) is 41.1 Å². The maximum Gasteiger partial charge on any atom is 0.147 e. The van der Waals surface area contributed by atoms with E-state index in [2.05, 4.69) is 40.7 Å². The second-order valence-electron chi connectivity index (χ2n) is 4.35. The first-order chi connectivity index (χ1) is 9.34. The number of pyridine rings is 1. The molecule has 0 spiro atoms. The number of anilines is 2. The Bertz CT molecular complexity index is 540. The topological polar surface area (TPSA) is 45.2 Å². The second kappa shape index (κ2) is 5.52. The van der Waals surface area contributed by atoms with Crippen LogP contribution < -0.4 is 9.80 Å². The molecule has 19 heavy (non-hydrogen) atoms. The summed E-state index contributed by atoms with van der Waals surface area (Å²) >= 11 is 3.55. The van der Waals surface area contributed by atoms with Crippen LogP contribution >= 0.6 is 15.9 Å². The number of nitrogens with zero attached hydrogens (tertiary/aromatic N) is 5. The largest absolute Gasteiger partial charge is 0.352 e. The fraction of sp³-hybridized carbons (Fsp3) is 0.308. The molecule has 2 aromatic rings. The normalized spacial score (nSPS) is 15.6. The molecule has 1 aliphatic heterocycles.